The molecule has 0 fully saturated rings. The van der Waals surface area contributed by atoms with Gasteiger partial charge in [0.2, 0.25) is 5.91 Å². The van der Waals surface area contributed by atoms with Crippen molar-refractivity contribution >= 4 is 35.2 Å². The van der Waals surface area contributed by atoms with Crippen LogP contribution in [-0.2, 0) is 9.59 Å². The molecule has 2 amide bonds. The van der Waals surface area contributed by atoms with Gasteiger partial charge in [-0.2, -0.15) is 0 Å². The molecular weight excluding hydrogens is 368 g/mol. The van der Waals surface area contributed by atoms with Gasteiger partial charge in [0.05, 0.1) is 14.2 Å². The molecule has 2 rings (SSSR count). The van der Waals surface area contributed by atoms with Crippen molar-refractivity contribution in [1.82, 2.24) is 5.32 Å². The molecule has 0 radical (unpaired) electrons. The van der Waals surface area contributed by atoms with Crippen LogP contribution in [-0.4, -0.2) is 26.0 Å². The van der Waals surface area contributed by atoms with Crippen LogP contribution in [0.15, 0.2) is 42.1 Å². The third-order valence-electron chi connectivity index (χ3n) is 3.79. The van der Waals surface area contributed by atoms with Crippen molar-refractivity contribution in [3.63, 3.8) is 0 Å². The molecule has 2 N–H and O–H groups in total. The highest BCUT2D eigenvalue weighted by Gasteiger charge is 2.14. The molecule has 0 heterocycles. The fraction of sp³-hybridized carbons (Fsp3) is 0.200. The van der Waals surface area contributed by atoms with Crippen LogP contribution < -0.4 is 20.1 Å². The average molecular weight is 389 g/mol. The third-order valence-corrected chi connectivity index (χ3v) is 4.20. The van der Waals surface area contributed by atoms with Crippen molar-refractivity contribution in [3.8, 4) is 11.5 Å². The Bertz CT molecular complexity index is 894. The Morgan fingerprint density at radius 2 is 1.78 bits per heavy atom. The summed E-state index contributed by atoms with van der Waals surface area (Å²) in [4.78, 5) is 24.2. The van der Waals surface area contributed by atoms with E-state index < -0.39 is 5.91 Å². The summed E-state index contributed by atoms with van der Waals surface area (Å²) < 4.78 is 10.5. The first-order valence-corrected chi connectivity index (χ1v) is 8.51. The maximum Gasteiger partial charge on any atom is 0.272 e. The predicted molar refractivity (Wildman–Crippen MR) is 106 cm³/mol. The van der Waals surface area contributed by atoms with Gasteiger partial charge in [-0.1, -0.05) is 23.7 Å². The number of amides is 2. The standard InChI is InChI=1S/C20H21ClN2O4/c1-12-15(21)6-5-7-16(12)23-20(25)17(22-13(2)24)10-14-8-9-18(26-3)19(11-14)27-4/h5-11H,1-4H3,(H,22,24)(H,23,25). The maximum absolute atomic E-state index is 12.7. The van der Waals surface area contributed by atoms with E-state index in [9.17, 15) is 9.59 Å². The normalized spacial score (nSPS) is 10.9. The smallest absolute Gasteiger partial charge is 0.272 e. The molecule has 0 saturated carbocycles. The summed E-state index contributed by atoms with van der Waals surface area (Å²) in [5.41, 5.74) is 2.06. The van der Waals surface area contributed by atoms with Gasteiger partial charge in [0.1, 0.15) is 5.70 Å². The van der Waals surface area contributed by atoms with Gasteiger partial charge in [0.25, 0.3) is 5.91 Å². The van der Waals surface area contributed by atoms with E-state index in [4.69, 9.17) is 21.1 Å². The van der Waals surface area contributed by atoms with Crippen molar-refractivity contribution in [2.45, 2.75) is 13.8 Å². The Labute approximate surface area is 163 Å². The van der Waals surface area contributed by atoms with E-state index in [0.717, 1.165) is 5.56 Å². The summed E-state index contributed by atoms with van der Waals surface area (Å²) in [5.74, 6) is 0.249. The van der Waals surface area contributed by atoms with Crippen molar-refractivity contribution in [3.05, 3.63) is 58.2 Å². The quantitative estimate of drug-likeness (QED) is 0.738. The van der Waals surface area contributed by atoms with E-state index in [1.165, 1.54) is 21.1 Å². The largest absolute Gasteiger partial charge is 0.493 e. The van der Waals surface area contributed by atoms with Crippen LogP contribution in [0.25, 0.3) is 6.08 Å². The predicted octanol–water partition coefficient (Wildman–Crippen LogP) is 3.78. The minimum atomic E-state index is -0.467. The maximum atomic E-state index is 12.7. The van der Waals surface area contributed by atoms with Gasteiger partial charge in [-0.25, -0.2) is 0 Å². The minimum Gasteiger partial charge on any atom is -0.493 e. The monoisotopic (exact) mass is 388 g/mol. The number of anilines is 1. The summed E-state index contributed by atoms with van der Waals surface area (Å²) in [6.45, 7) is 3.13. The van der Waals surface area contributed by atoms with E-state index in [-0.39, 0.29) is 11.6 Å². The summed E-state index contributed by atoms with van der Waals surface area (Å²) in [5, 5.41) is 5.86. The van der Waals surface area contributed by atoms with Crippen molar-refractivity contribution < 1.29 is 19.1 Å². The number of benzene rings is 2. The molecule has 2 aromatic carbocycles. The number of carbonyl (C=O) groups is 2. The fourth-order valence-corrected chi connectivity index (χ4v) is 2.56. The Morgan fingerprint density at radius 3 is 2.41 bits per heavy atom. The number of hydrogen-bond donors (Lipinski definition) is 2. The number of rotatable bonds is 6. The highest BCUT2D eigenvalue weighted by atomic mass is 35.5. The van der Waals surface area contributed by atoms with Crippen molar-refractivity contribution in [2.75, 3.05) is 19.5 Å². The Morgan fingerprint density at radius 1 is 1.07 bits per heavy atom. The number of nitrogens with one attached hydrogen (secondary N) is 2. The third kappa shape index (κ3) is 5.24. The number of hydrogen-bond acceptors (Lipinski definition) is 4. The molecule has 7 heteroatoms. The van der Waals surface area contributed by atoms with Gasteiger partial charge in [-0.15, -0.1) is 0 Å². The molecule has 0 aromatic heterocycles. The lowest BCUT2D eigenvalue weighted by Gasteiger charge is -2.13. The molecule has 142 valence electrons. The summed E-state index contributed by atoms with van der Waals surface area (Å²) in [6, 6.07) is 10.4. The molecule has 0 aliphatic carbocycles. The zero-order valence-corrected chi connectivity index (χ0v) is 16.3. The SMILES string of the molecule is COc1ccc(C=C(NC(C)=O)C(=O)Nc2cccc(Cl)c2C)cc1OC. The molecule has 0 atom stereocenters. The van der Waals surface area contributed by atoms with E-state index in [2.05, 4.69) is 10.6 Å². The van der Waals surface area contributed by atoms with Crippen molar-refractivity contribution in [2.24, 2.45) is 0 Å². The van der Waals surface area contributed by atoms with Gasteiger partial charge in [-0.3, -0.25) is 9.59 Å². The Kier molecular flexibility index (Phi) is 6.85. The number of carbonyl (C=O) groups excluding carboxylic acids is 2. The van der Waals surface area contributed by atoms with Crippen LogP contribution >= 0.6 is 11.6 Å². The number of halogens is 1. The van der Waals surface area contributed by atoms with Gasteiger partial charge in [0.15, 0.2) is 11.5 Å². The van der Waals surface area contributed by atoms with Crippen LogP contribution in [0.4, 0.5) is 5.69 Å². The zero-order valence-electron chi connectivity index (χ0n) is 15.6. The Hall–Kier alpha value is -2.99. The highest BCUT2D eigenvalue weighted by molar-refractivity contribution is 6.31. The first-order chi connectivity index (χ1) is 12.8. The Balaban J connectivity index is 2.36. The first-order valence-electron chi connectivity index (χ1n) is 8.13. The van der Waals surface area contributed by atoms with E-state index in [1.807, 2.05) is 0 Å². The molecule has 2 aromatic rings. The molecule has 0 spiro atoms. The van der Waals surface area contributed by atoms with E-state index in [0.29, 0.717) is 27.8 Å². The van der Waals surface area contributed by atoms with Crippen molar-refractivity contribution in [1.29, 1.82) is 0 Å². The lowest BCUT2D eigenvalue weighted by atomic mass is 10.1. The second-order valence-electron chi connectivity index (χ2n) is 5.72. The molecule has 0 bridgehead atoms. The molecule has 0 saturated heterocycles. The van der Waals surface area contributed by atoms with Crippen LogP contribution in [0.5, 0.6) is 11.5 Å². The van der Waals surface area contributed by atoms with E-state index >= 15 is 0 Å². The fourth-order valence-electron chi connectivity index (χ4n) is 2.39. The number of methoxy groups -OCH3 is 2. The number of ether oxygens (including phenoxy) is 2. The average Bonchev–Trinajstić information content (AvgIpc) is 2.64. The van der Waals surface area contributed by atoms with E-state index in [1.54, 1.807) is 49.4 Å². The minimum absolute atomic E-state index is 0.0918. The molecule has 0 aliphatic heterocycles. The van der Waals surface area contributed by atoms with Gasteiger partial charge in [-0.05, 0) is 48.4 Å². The molecule has 27 heavy (non-hydrogen) atoms. The zero-order chi connectivity index (χ0) is 20.0. The topological polar surface area (TPSA) is 76.7 Å². The van der Waals surface area contributed by atoms with Gasteiger partial charge >= 0.3 is 0 Å². The molecular formula is C20H21ClN2O4. The lowest BCUT2D eigenvalue weighted by molar-refractivity contribution is -0.120. The second-order valence-corrected chi connectivity index (χ2v) is 6.13. The van der Waals surface area contributed by atoms with Crippen LogP contribution in [0.3, 0.4) is 0 Å². The van der Waals surface area contributed by atoms with Crippen LogP contribution in [0, 0.1) is 6.92 Å². The second kappa shape index (κ2) is 9.09. The molecule has 6 nitrogen and oxygen atoms in total. The van der Waals surface area contributed by atoms with Crippen LogP contribution in [0.2, 0.25) is 5.02 Å². The lowest BCUT2D eigenvalue weighted by Crippen LogP contribution is -2.29. The first kappa shape index (κ1) is 20.3. The highest BCUT2D eigenvalue weighted by Crippen LogP contribution is 2.28. The summed E-state index contributed by atoms with van der Waals surface area (Å²) in [6.07, 6.45) is 1.55. The summed E-state index contributed by atoms with van der Waals surface area (Å²) in [7, 11) is 3.06. The summed E-state index contributed by atoms with van der Waals surface area (Å²) >= 11 is 6.09. The van der Waals surface area contributed by atoms with Crippen LogP contribution in [0.1, 0.15) is 18.1 Å². The molecule has 0 unspecified atom stereocenters. The van der Waals surface area contributed by atoms with Gasteiger partial charge < -0.3 is 20.1 Å². The molecule has 0 aliphatic rings. The van der Waals surface area contributed by atoms with Gasteiger partial charge in [0, 0.05) is 17.6 Å².